The number of unbranched alkanes of at least 4 members (excludes halogenated alkanes) is 1. The van der Waals surface area contributed by atoms with E-state index >= 15 is 0 Å². The van der Waals surface area contributed by atoms with Crippen molar-refractivity contribution in [2.24, 2.45) is 0 Å². The van der Waals surface area contributed by atoms with Crippen LogP contribution in [0.3, 0.4) is 0 Å². The molecule has 0 aliphatic rings. The fraction of sp³-hybridized carbons (Fsp3) is 0.190. The van der Waals surface area contributed by atoms with Gasteiger partial charge in [0, 0.05) is 18.6 Å². The SMILES string of the molecule is CCCC=C[Si](Cn1ccnc1)(c1ccccc1)c1ccccc1. The number of nitrogens with zero attached hydrogens (tertiary/aromatic N) is 2. The van der Waals surface area contributed by atoms with E-state index in [2.05, 4.69) is 95.1 Å². The Labute approximate surface area is 145 Å². The zero-order valence-corrected chi connectivity index (χ0v) is 15.2. The van der Waals surface area contributed by atoms with Gasteiger partial charge in [-0.25, -0.2) is 4.98 Å². The van der Waals surface area contributed by atoms with E-state index in [4.69, 9.17) is 0 Å². The van der Waals surface area contributed by atoms with Crippen LogP contribution in [0.1, 0.15) is 19.8 Å². The summed E-state index contributed by atoms with van der Waals surface area (Å²) >= 11 is 0. The van der Waals surface area contributed by atoms with Crippen molar-refractivity contribution < 1.29 is 0 Å². The van der Waals surface area contributed by atoms with Gasteiger partial charge in [-0.15, -0.1) is 0 Å². The summed E-state index contributed by atoms with van der Waals surface area (Å²) in [6.07, 6.45) is 11.5. The minimum atomic E-state index is -2.05. The van der Waals surface area contributed by atoms with Gasteiger partial charge in [0.2, 0.25) is 0 Å². The third kappa shape index (κ3) is 3.57. The topological polar surface area (TPSA) is 17.8 Å². The molecular weight excluding hydrogens is 308 g/mol. The summed E-state index contributed by atoms with van der Waals surface area (Å²) < 4.78 is 2.22. The van der Waals surface area contributed by atoms with Crippen LogP contribution in [0.4, 0.5) is 0 Å². The summed E-state index contributed by atoms with van der Waals surface area (Å²) in [4.78, 5) is 4.25. The second kappa shape index (κ2) is 7.93. The van der Waals surface area contributed by atoms with E-state index in [0.717, 1.165) is 12.6 Å². The van der Waals surface area contributed by atoms with E-state index in [0.29, 0.717) is 0 Å². The fourth-order valence-corrected chi connectivity index (χ4v) is 7.28. The molecule has 3 aromatic rings. The maximum Gasteiger partial charge on any atom is 0.160 e. The first-order valence-electron chi connectivity index (χ1n) is 8.59. The fourth-order valence-electron chi connectivity index (χ4n) is 3.18. The van der Waals surface area contributed by atoms with Crippen LogP contribution in [0.15, 0.2) is 91.2 Å². The third-order valence-corrected chi connectivity index (χ3v) is 8.82. The van der Waals surface area contributed by atoms with Gasteiger partial charge in [0.15, 0.2) is 8.07 Å². The van der Waals surface area contributed by atoms with Gasteiger partial charge in [0.05, 0.1) is 6.33 Å². The summed E-state index contributed by atoms with van der Waals surface area (Å²) in [6, 6.07) is 21.9. The Morgan fingerprint density at radius 2 is 1.58 bits per heavy atom. The van der Waals surface area contributed by atoms with E-state index in [1.54, 1.807) is 0 Å². The van der Waals surface area contributed by atoms with E-state index in [9.17, 15) is 0 Å². The number of rotatable bonds is 7. The number of aromatic nitrogens is 2. The first-order valence-corrected chi connectivity index (χ1v) is 10.9. The minimum absolute atomic E-state index is 0.973. The lowest BCUT2D eigenvalue weighted by Gasteiger charge is -2.30. The van der Waals surface area contributed by atoms with Gasteiger partial charge in [-0.1, -0.05) is 85.8 Å². The van der Waals surface area contributed by atoms with Gasteiger partial charge in [-0.2, -0.15) is 0 Å². The predicted octanol–water partition coefficient (Wildman–Crippen LogP) is 3.58. The van der Waals surface area contributed by atoms with Crippen molar-refractivity contribution in [1.82, 2.24) is 9.55 Å². The zero-order valence-electron chi connectivity index (χ0n) is 14.2. The molecule has 3 rings (SSSR count). The molecule has 1 aromatic heterocycles. The van der Waals surface area contributed by atoms with E-state index < -0.39 is 8.07 Å². The highest BCUT2D eigenvalue weighted by atomic mass is 28.3. The molecule has 24 heavy (non-hydrogen) atoms. The summed E-state index contributed by atoms with van der Waals surface area (Å²) in [7, 11) is -2.05. The molecule has 122 valence electrons. The number of allylic oxidation sites excluding steroid dienone is 1. The van der Waals surface area contributed by atoms with Crippen LogP contribution >= 0.6 is 0 Å². The first-order chi connectivity index (χ1) is 11.8. The highest BCUT2D eigenvalue weighted by Gasteiger charge is 2.34. The van der Waals surface area contributed by atoms with Crippen LogP contribution in [-0.4, -0.2) is 17.6 Å². The number of benzene rings is 2. The molecule has 0 aliphatic carbocycles. The smallest absolute Gasteiger partial charge is 0.160 e. The van der Waals surface area contributed by atoms with Crippen LogP contribution < -0.4 is 10.4 Å². The van der Waals surface area contributed by atoms with Crippen LogP contribution in [0.5, 0.6) is 0 Å². The predicted molar refractivity (Wildman–Crippen MR) is 104 cm³/mol. The lowest BCUT2D eigenvalue weighted by atomic mass is 10.3. The zero-order chi connectivity index (χ0) is 16.7. The van der Waals surface area contributed by atoms with Gasteiger partial charge < -0.3 is 4.57 Å². The summed E-state index contributed by atoms with van der Waals surface area (Å²) in [6.45, 7) is 2.23. The Hall–Kier alpha value is -2.39. The van der Waals surface area contributed by atoms with Crippen molar-refractivity contribution in [1.29, 1.82) is 0 Å². The molecule has 0 aliphatic heterocycles. The van der Waals surface area contributed by atoms with Gasteiger partial charge >= 0.3 is 0 Å². The highest BCUT2D eigenvalue weighted by molar-refractivity contribution is 7.05. The summed E-state index contributed by atoms with van der Waals surface area (Å²) in [5.41, 5.74) is 2.52. The first kappa shape index (κ1) is 16.5. The molecule has 2 nitrogen and oxygen atoms in total. The highest BCUT2D eigenvalue weighted by Crippen LogP contribution is 2.12. The molecule has 2 aromatic carbocycles. The Balaban J connectivity index is 2.15. The minimum Gasteiger partial charge on any atom is -0.339 e. The molecule has 0 N–H and O–H groups in total. The largest absolute Gasteiger partial charge is 0.339 e. The monoisotopic (exact) mass is 332 g/mol. The van der Waals surface area contributed by atoms with Crippen molar-refractivity contribution in [2.45, 2.75) is 25.9 Å². The molecule has 0 unspecified atom stereocenters. The standard InChI is InChI=1S/C21H24N2Si/c1-2-3-10-17-24(19-23-16-15-22-18-23,20-11-6-4-7-12-20)21-13-8-5-9-14-21/h4-18H,2-3,19H2,1H3. The molecule has 0 spiro atoms. The third-order valence-electron chi connectivity index (χ3n) is 4.43. The molecule has 0 saturated heterocycles. The molecule has 0 saturated carbocycles. The number of hydrogen-bond donors (Lipinski definition) is 0. The second-order valence-corrected chi connectivity index (χ2v) is 9.88. The molecule has 0 radical (unpaired) electrons. The van der Waals surface area contributed by atoms with Crippen LogP contribution in [0, 0.1) is 0 Å². The van der Waals surface area contributed by atoms with Crippen LogP contribution in [-0.2, 0) is 6.17 Å². The Bertz CT molecular complexity index is 710. The van der Waals surface area contributed by atoms with Crippen molar-refractivity contribution >= 4 is 18.4 Å². The number of hydrogen-bond acceptors (Lipinski definition) is 1. The summed E-state index contributed by atoms with van der Waals surface area (Å²) in [5, 5.41) is 2.88. The van der Waals surface area contributed by atoms with Crippen molar-refractivity contribution in [3.8, 4) is 0 Å². The van der Waals surface area contributed by atoms with E-state index in [1.165, 1.54) is 16.8 Å². The van der Waals surface area contributed by atoms with Crippen molar-refractivity contribution in [2.75, 3.05) is 0 Å². The maximum absolute atomic E-state index is 4.25. The van der Waals surface area contributed by atoms with Crippen molar-refractivity contribution in [3.63, 3.8) is 0 Å². The van der Waals surface area contributed by atoms with Crippen LogP contribution in [0.25, 0.3) is 0 Å². The molecular formula is C21H24N2Si. The molecule has 1 heterocycles. The molecule has 0 fully saturated rings. The maximum atomic E-state index is 4.25. The lowest BCUT2D eigenvalue weighted by molar-refractivity contribution is 0.860. The Morgan fingerprint density at radius 3 is 2.08 bits per heavy atom. The normalized spacial score (nSPS) is 11.9. The average Bonchev–Trinajstić information content (AvgIpc) is 3.15. The number of imidazole rings is 1. The Kier molecular flexibility index (Phi) is 5.44. The van der Waals surface area contributed by atoms with Gasteiger partial charge in [-0.3, -0.25) is 0 Å². The quantitative estimate of drug-likeness (QED) is 0.605. The van der Waals surface area contributed by atoms with Gasteiger partial charge in [0.25, 0.3) is 0 Å². The van der Waals surface area contributed by atoms with Crippen LogP contribution in [0.2, 0.25) is 0 Å². The molecule has 0 amide bonds. The Morgan fingerprint density at radius 1 is 0.958 bits per heavy atom. The van der Waals surface area contributed by atoms with Gasteiger partial charge in [0.1, 0.15) is 0 Å². The van der Waals surface area contributed by atoms with Gasteiger partial charge in [-0.05, 0) is 16.8 Å². The lowest BCUT2D eigenvalue weighted by Crippen LogP contribution is -2.60. The molecule has 0 atom stereocenters. The van der Waals surface area contributed by atoms with E-state index in [1.807, 2.05) is 12.5 Å². The van der Waals surface area contributed by atoms with Crippen molar-refractivity contribution in [3.05, 3.63) is 91.2 Å². The molecule has 3 heteroatoms. The van der Waals surface area contributed by atoms with E-state index in [-0.39, 0.29) is 0 Å². The molecule has 0 bridgehead atoms. The average molecular weight is 333 g/mol. The summed E-state index contributed by atoms with van der Waals surface area (Å²) in [5.74, 6) is 0. The second-order valence-electron chi connectivity index (χ2n) is 6.13.